The molecule has 24 heavy (non-hydrogen) atoms. The highest BCUT2D eigenvalue weighted by atomic mass is 35.5. The van der Waals surface area contributed by atoms with Crippen LogP contribution in [0, 0.1) is 0 Å². The van der Waals surface area contributed by atoms with Crippen LogP contribution in [-0.4, -0.2) is 34.5 Å². The van der Waals surface area contributed by atoms with Crippen molar-refractivity contribution in [2.24, 2.45) is 5.73 Å². The maximum Gasteiger partial charge on any atom is 0.273 e. The molecule has 2 N–H and O–H groups in total. The number of nitrogens with two attached hydrogens (primary N) is 1. The van der Waals surface area contributed by atoms with Crippen LogP contribution in [0.15, 0.2) is 35.7 Å². The van der Waals surface area contributed by atoms with Crippen LogP contribution < -0.4 is 5.73 Å². The number of amides is 1. The molecule has 1 unspecified atom stereocenters. The van der Waals surface area contributed by atoms with Crippen LogP contribution in [-0.2, 0) is 11.3 Å². The summed E-state index contributed by atoms with van der Waals surface area (Å²) in [6.45, 7) is 5.40. The first kappa shape index (κ1) is 18.9. The number of carbonyl (C=O) groups excluding carboxylic acids is 1. The van der Waals surface area contributed by atoms with Crippen LogP contribution in [0.25, 0.3) is 0 Å². The summed E-state index contributed by atoms with van der Waals surface area (Å²) in [5, 5.41) is 2.56. The van der Waals surface area contributed by atoms with Crippen molar-refractivity contribution in [1.29, 1.82) is 0 Å². The zero-order valence-corrected chi connectivity index (χ0v) is 15.4. The first-order valence-electron chi connectivity index (χ1n) is 7.64. The largest absolute Gasteiger partial charge is 0.369 e. The Balaban J connectivity index is 0.00000208. The lowest BCUT2D eigenvalue weighted by Crippen LogP contribution is -2.56. The Hall–Kier alpha value is -1.47. The first-order valence-corrected chi connectivity index (χ1v) is 8.52. The summed E-state index contributed by atoms with van der Waals surface area (Å²) in [6.07, 6.45) is -0.110. The zero-order valence-electron chi connectivity index (χ0n) is 13.8. The molecule has 0 aliphatic carbocycles. The van der Waals surface area contributed by atoms with E-state index in [1.807, 2.05) is 49.1 Å². The summed E-state index contributed by atoms with van der Waals surface area (Å²) in [6, 6.07) is 10.0. The van der Waals surface area contributed by atoms with E-state index >= 15 is 0 Å². The van der Waals surface area contributed by atoms with Crippen molar-refractivity contribution in [3.8, 4) is 0 Å². The lowest BCUT2D eigenvalue weighted by atomic mass is 9.97. The van der Waals surface area contributed by atoms with Gasteiger partial charge in [0.25, 0.3) is 5.91 Å². The number of hydrogen-bond acceptors (Lipinski definition) is 5. The van der Waals surface area contributed by atoms with Gasteiger partial charge in [-0.25, -0.2) is 4.98 Å². The molecule has 1 amide bonds. The number of carbonyl (C=O) groups is 1. The quantitative estimate of drug-likeness (QED) is 0.905. The molecule has 1 aromatic carbocycles. The van der Waals surface area contributed by atoms with Crippen LogP contribution in [0.1, 0.15) is 41.0 Å². The predicted octanol–water partition coefficient (Wildman–Crippen LogP) is 3.02. The third kappa shape index (κ3) is 3.78. The number of ether oxygens (including phenoxy) is 1. The van der Waals surface area contributed by atoms with Crippen LogP contribution >= 0.6 is 23.7 Å². The molecular weight excluding hydrogens is 346 g/mol. The van der Waals surface area contributed by atoms with Gasteiger partial charge in [0.2, 0.25) is 0 Å². The molecule has 0 saturated carbocycles. The molecule has 0 radical (unpaired) electrons. The van der Waals surface area contributed by atoms with Gasteiger partial charge in [0.05, 0.1) is 18.7 Å². The average Bonchev–Trinajstić information content (AvgIpc) is 3.04. The van der Waals surface area contributed by atoms with E-state index in [1.165, 1.54) is 11.3 Å². The molecule has 1 fully saturated rings. The van der Waals surface area contributed by atoms with Gasteiger partial charge < -0.3 is 15.4 Å². The summed E-state index contributed by atoms with van der Waals surface area (Å²) < 4.78 is 5.99. The third-order valence-electron chi connectivity index (χ3n) is 4.08. The van der Waals surface area contributed by atoms with E-state index in [2.05, 4.69) is 4.98 Å². The lowest BCUT2D eigenvalue weighted by molar-refractivity contribution is -0.0848. The summed E-state index contributed by atoms with van der Waals surface area (Å²) in [4.78, 5) is 19.1. The van der Waals surface area contributed by atoms with Crippen molar-refractivity contribution in [1.82, 2.24) is 9.88 Å². The fourth-order valence-electron chi connectivity index (χ4n) is 2.72. The number of rotatable bonds is 3. The summed E-state index contributed by atoms with van der Waals surface area (Å²) in [5.41, 5.74) is 6.78. The third-order valence-corrected chi connectivity index (χ3v) is 4.95. The van der Waals surface area contributed by atoms with Crippen LogP contribution in [0.3, 0.4) is 0 Å². The minimum atomic E-state index is -0.366. The van der Waals surface area contributed by atoms with Gasteiger partial charge in [0.15, 0.2) is 0 Å². The van der Waals surface area contributed by atoms with Crippen molar-refractivity contribution >= 4 is 29.7 Å². The predicted molar refractivity (Wildman–Crippen MR) is 97.5 cm³/mol. The van der Waals surface area contributed by atoms with Crippen molar-refractivity contribution < 1.29 is 9.53 Å². The Morgan fingerprint density at radius 3 is 2.75 bits per heavy atom. The Bertz CT molecular complexity index is 690. The van der Waals surface area contributed by atoms with Gasteiger partial charge in [-0.3, -0.25) is 4.79 Å². The maximum absolute atomic E-state index is 12.9. The van der Waals surface area contributed by atoms with E-state index in [0.717, 1.165) is 10.6 Å². The minimum absolute atomic E-state index is 0. The highest BCUT2D eigenvalue weighted by Crippen LogP contribution is 2.31. The molecule has 1 saturated heterocycles. The number of nitrogens with zero attached hydrogens (tertiary/aromatic N) is 2. The highest BCUT2D eigenvalue weighted by Gasteiger charge is 2.39. The Morgan fingerprint density at radius 1 is 1.42 bits per heavy atom. The smallest absolute Gasteiger partial charge is 0.273 e. The second-order valence-electron chi connectivity index (χ2n) is 6.27. The Labute approximate surface area is 152 Å². The summed E-state index contributed by atoms with van der Waals surface area (Å²) in [7, 11) is 0. The van der Waals surface area contributed by atoms with Gasteiger partial charge in [-0.05, 0) is 19.4 Å². The van der Waals surface area contributed by atoms with E-state index < -0.39 is 0 Å². The molecule has 5 nitrogen and oxygen atoms in total. The summed E-state index contributed by atoms with van der Waals surface area (Å²) in [5.74, 6) is -0.0600. The van der Waals surface area contributed by atoms with E-state index in [0.29, 0.717) is 25.4 Å². The molecule has 3 rings (SSSR count). The number of aromatic nitrogens is 1. The van der Waals surface area contributed by atoms with Gasteiger partial charge in [-0.1, -0.05) is 30.3 Å². The molecule has 1 aliphatic rings. The van der Waals surface area contributed by atoms with E-state index in [1.54, 1.807) is 5.38 Å². The lowest BCUT2D eigenvalue weighted by Gasteiger charge is -2.45. The zero-order chi connectivity index (χ0) is 16.4. The van der Waals surface area contributed by atoms with Gasteiger partial charge >= 0.3 is 0 Å². The average molecular weight is 368 g/mol. The van der Waals surface area contributed by atoms with Crippen molar-refractivity contribution in [3.63, 3.8) is 0 Å². The number of hydrogen-bond donors (Lipinski definition) is 1. The molecule has 0 bridgehead atoms. The topological polar surface area (TPSA) is 68.5 Å². The SMILES string of the molecule is CC1(C)COC(c2ccccc2)CN1C(=O)c1csc(CN)n1.Cl. The van der Waals surface area contributed by atoms with Crippen LogP contribution in [0.2, 0.25) is 0 Å². The summed E-state index contributed by atoms with van der Waals surface area (Å²) >= 11 is 1.42. The first-order chi connectivity index (χ1) is 11.0. The van der Waals surface area contributed by atoms with Gasteiger partial charge in [-0.2, -0.15) is 0 Å². The second kappa shape index (κ2) is 7.61. The van der Waals surface area contributed by atoms with Crippen molar-refractivity contribution in [2.45, 2.75) is 32.0 Å². The van der Waals surface area contributed by atoms with Gasteiger partial charge in [-0.15, -0.1) is 23.7 Å². The number of morpholine rings is 1. The standard InChI is InChI=1S/C17H21N3O2S.ClH/c1-17(2)11-22-14(12-6-4-3-5-7-12)9-20(17)16(21)13-10-23-15(8-18)19-13;/h3-7,10,14H,8-9,11,18H2,1-2H3;1H. The van der Waals surface area contributed by atoms with E-state index in [9.17, 15) is 4.79 Å². The van der Waals surface area contributed by atoms with Crippen LogP contribution in [0.5, 0.6) is 0 Å². The molecule has 0 spiro atoms. The molecular formula is C17H22ClN3O2S. The Kier molecular flexibility index (Phi) is 5.98. The number of thiazole rings is 1. The molecule has 2 heterocycles. The molecule has 7 heteroatoms. The van der Waals surface area contributed by atoms with E-state index in [4.69, 9.17) is 10.5 Å². The highest BCUT2D eigenvalue weighted by molar-refractivity contribution is 7.09. The van der Waals surface area contributed by atoms with Crippen LogP contribution in [0.4, 0.5) is 0 Å². The second-order valence-corrected chi connectivity index (χ2v) is 7.21. The molecule has 2 aromatic rings. The molecule has 130 valence electrons. The number of halogens is 1. The van der Waals surface area contributed by atoms with Crippen molar-refractivity contribution in [3.05, 3.63) is 52.0 Å². The van der Waals surface area contributed by atoms with E-state index in [-0.39, 0.29) is 30.0 Å². The minimum Gasteiger partial charge on any atom is -0.369 e. The fraction of sp³-hybridized carbons (Fsp3) is 0.412. The monoisotopic (exact) mass is 367 g/mol. The molecule has 1 aliphatic heterocycles. The maximum atomic E-state index is 12.9. The van der Waals surface area contributed by atoms with Gasteiger partial charge in [0, 0.05) is 11.9 Å². The number of benzene rings is 1. The normalized spacial score (nSPS) is 19.6. The molecule has 1 aromatic heterocycles. The fourth-order valence-corrected chi connectivity index (χ4v) is 3.36. The molecule has 1 atom stereocenters. The van der Waals surface area contributed by atoms with Gasteiger partial charge in [0.1, 0.15) is 16.8 Å². The Morgan fingerprint density at radius 2 is 2.12 bits per heavy atom. The van der Waals surface area contributed by atoms with Crippen molar-refractivity contribution in [2.75, 3.05) is 13.2 Å².